The zero-order valence-electron chi connectivity index (χ0n) is 20.2. The normalized spacial score (nSPS) is 19.2. The van der Waals surface area contributed by atoms with Gasteiger partial charge in [0.25, 0.3) is 0 Å². The number of benzene rings is 3. The Morgan fingerprint density at radius 1 is 0.912 bits per heavy atom. The van der Waals surface area contributed by atoms with Gasteiger partial charge in [0.2, 0.25) is 5.91 Å². The number of hydrogen-bond acceptors (Lipinski definition) is 2. The topological polar surface area (TPSA) is 32.3 Å². The second-order valence-corrected chi connectivity index (χ2v) is 10.00. The zero-order valence-corrected chi connectivity index (χ0v) is 20.2. The Morgan fingerprint density at radius 2 is 1.50 bits per heavy atom. The highest BCUT2D eigenvalue weighted by atomic mass is 16.2. The highest BCUT2D eigenvalue weighted by Crippen LogP contribution is 2.47. The molecule has 0 saturated carbocycles. The van der Waals surface area contributed by atoms with Crippen LogP contribution in [0.25, 0.3) is 0 Å². The maximum absolute atomic E-state index is 14.6. The van der Waals surface area contributed by atoms with E-state index in [1.807, 2.05) is 36.4 Å². The lowest BCUT2D eigenvalue weighted by atomic mass is 9.67. The molecule has 3 heteroatoms. The smallest absolute Gasteiger partial charge is 0.235 e. The number of piperidine rings is 1. The van der Waals surface area contributed by atoms with Crippen molar-refractivity contribution in [2.45, 2.75) is 56.4 Å². The van der Waals surface area contributed by atoms with Crippen LogP contribution in [-0.2, 0) is 10.2 Å². The molecule has 1 fully saturated rings. The molecule has 0 aliphatic carbocycles. The van der Waals surface area contributed by atoms with Gasteiger partial charge in [0.1, 0.15) is 0 Å². The third-order valence-corrected chi connectivity index (χ3v) is 7.93. The van der Waals surface area contributed by atoms with Crippen LogP contribution in [0, 0.1) is 0 Å². The maximum atomic E-state index is 14.6. The van der Waals surface area contributed by atoms with Crippen LogP contribution >= 0.6 is 0 Å². The molecule has 34 heavy (non-hydrogen) atoms. The molecule has 2 heterocycles. The van der Waals surface area contributed by atoms with Crippen molar-refractivity contribution in [2.24, 2.45) is 0 Å². The number of unbranched alkanes of at least 4 members (excludes halogenated alkanes) is 1. The molecule has 2 aliphatic heterocycles. The zero-order chi connectivity index (χ0) is 23.4. The van der Waals surface area contributed by atoms with Crippen molar-refractivity contribution in [1.29, 1.82) is 0 Å². The fourth-order valence-electron chi connectivity index (χ4n) is 6.17. The molecule has 1 atom stereocenters. The summed E-state index contributed by atoms with van der Waals surface area (Å²) in [7, 11) is 0. The molecule has 0 radical (unpaired) electrons. The standard InChI is InChI=1S/C31H36N2O/c1-2-3-18-28-26-16-10-11-17-27(26)31(19-21-32-22-20-31)23-33(28)30(34)29(24-12-6-4-7-13-24)25-14-8-5-9-15-25/h4-17,28-29,32H,2-3,18-23H2,1H3/t28-/m1/s1. The average molecular weight is 453 g/mol. The summed E-state index contributed by atoms with van der Waals surface area (Å²) in [5.74, 6) is -0.0403. The predicted molar refractivity (Wildman–Crippen MR) is 139 cm³/mol. The van der Waals surface area contributed by atoms with Gasteiger partial charge < -0.3 is 10.2 Å². The van der Waals surface area contributed by atoms with Crippen molar-refractivity contribution in [3.63, 3.8) is 0 Å². The third-order valence-electron chi connectivity index (χ3n) is 7.93. The van der Waals surface area contributed by atoms with Crippen LogP contribution in [0.1, 0.15) is 73.2 Å². The minimum atomic E-state index is -0.282. The monoisotopic (exact) mass is 452 g/mol. The summed E-state index contributed by atoms with van der Waals surface area (Å²) in [6, 6.07) is 29.8. The Hall–Kier alpha value is -2.91. The van der Waals surface area contributed by atoms with E-state index in [1.54, 1.807) is 0 Å². The third kappa shape index (κ3) is 4.30. The predicted octanol–water partition coefficient (Wildman–Crippen LogP) is 6.21. The number of hydrogen-bond donors (Lipinski definition) is 1. The highest BCUT2D eigenvalue weighted by Gasteiger charge is 2.46. The molecule has 5 rings (SSSR count). The molecule has 176 valence electrons. The number of nitrogens with zero attached hydrogens (tertiary/aromatic N) is 1. The van der Waals surface area contributed by atoms with Crippen LogP contribution < -0.4 is 5.32 Å². The molecule has 3 aromatic rings. The van der Waals surface area contributed by atoms with Crippen LogP contribution in [0.4, 0.5) is 0 Å². The van der Waals surface area contributed by atoms with Gasteiger partial charge in [-0.25, -0.2) is 0 Å². The van der Waals surface area contributed by atoms with Crippen LogP contribution in [0.3, 0.4) is 0 Å². The lowest BCUT2D eigenvalue weighted by Gasteiger charge is -2.51. The lowest BCUT2D eigenvalue weighted by molar-refractivity contribution is -0.136. The summed E-state index contributed by atoms with van der Waals surface area (Å²) in [4.78, 5) is 16.9. The Balaban J connectivity index is 1.61. The van der Waals surface area contributed by atoms with Gasteiger partial charge in [-0.3, -0.25) is 4.79 Å². The first-order valence-corrected chi connectivity index (χ1v) is 12.9. The van der Waals surface area contributed by atoms with E-state index in [0.29, 0.717) is 0 Å². The van der Waals surface area contributed by atoms with Gasteiger partial charge in [-0.1, -0.05) is 105 Å². The maximum Gasteiger partial charge on any atom is 0.235 e. The van der Waals surface area contributed by atoms with E-state index in [2.05, 4.69) is 65.7 Å². The van der Waals surface area contributed by atoms with Gasteiger partial charge >= 0.3 is 0 Å². The summed E-state index contributed by atoms with van der Waals surface area (Å²) in [6.07, 6.45) is 5.43. The van der Waals surface area contributed by atoms with Crippen molar-refractivity contribution >= 4 is 5.91 Å². The Bertz CT molecular complexity index is 1050. The molecule has 1 saturated heterocycles. The van der Waals surface area contributed by atoms with Gasteiger partial charge in [0, 0.05) is 12.0 Å². The SMILES string of the molecule is CCCC[C@@H]1c2ccccc2C2(CCNCC2)CN1C(=O)C(c1ccccc1)c1ccccc1. The van der Waals surface area contributed by atoms with Crippen molar-refractivity contribution in [1.82, 2.24) is 10.2 Å². The lowest BCUT2D eigenvalue weighted by Crippen LogP contribution is -2.55. The summed E-state index contributed by atoms with van der Waals surface area (Å²) in [5.41, 5.74) is 5.05. The van der Waals surface area contributed by atoms with Crippen LogP contribution in [0.2, 0.25) is 0 Å². The van der Waals surface area contributed by atoms with Gasteiger partial charge in [-0.2, -0.15) is 0 Å². The van der Waals surface area contributed by atoms with E-state index in [0.717, 1.165) is 62.9 Å². The first kappa shape index (κ1) is 22.9. The second-order valence-electron chi connectivity index (χ2n) is 10.00. The number of amides is 1. The molecule has 3 nitrogen and oxygen atoms in total. The number of carbonyl (C=O) groups excluding carboxylic acids is 1. The van der Waals surface area contributed by atoms with E-state index < -0.39 is 0 Å². The van der Waals surface area contributed by atoms with Gasteiger partial charge in [-0.05, 0) is 54.6 Å². The number of nitrogens with one attached hydrogen (secondary N) is 1. The highest BCUT2D eigenvalue weighted by molar-refractivity contribution is 5.88. The number of rotatable bonds is 6. The fourth-order valence-corrected chi connectivity index (χ4v) is 6.17. The van der Waals surface area contributed by atoms with Gasteiger partial charge in [-0.15, -0.1) is 0 Å². The summed E-state index contributed by atoms with van der Waals surface area (Å²) in [5, 5.41) is 3.55. The first-order chi connectivity index (χ1) is 16.7. The fraction of sp³-hybridized carbons (Fsp3) is 0.387. The van der Waals surface area contributed by atoms with Crippen LogP contribution in [-0.4, -0.2) is 30.4 Å². The minimum Gasteiger partial charge on any atom is -0.334 e. The van der Waals surface area contributed by atoms with E-state index in [9.17, 15) is 4.79 Å². The molecule has 3 aromatic carbocycles. The molecule has 0 unspecified atom stereocenters. The molecule has 0 aromatic heterocycles. The molecular weight excluding hydrogens is 416 g/mol. The second kappa shape index (κ2) is 10.1. The summed E-state index contributed by atoms with van der Waals surface area (Å²) < 4.78 is 0. The van der Waals surface area contributed by atoms with Crippen molar-refractivity contribution in [3.05, 3.63) is 107 Å². The Kier molecular flexibility index (Phi) is 6.82. The molecule has 1 spiro atoms. The van der Waals surface area contributed by atoms with Crippen LogP contribution in [0.5, 0.6) is 0 Å². The summed E-state index contributed by atoms with van der Waals surface area (Å²) >= 11 is 0. The van der Waals surface area contributed by atoms with Crippen molar-refractivity contribution in [3.8, 4) is 0 Å². The molecule has 1 amide bonds. The molecular formula is C31H36N2O. The number of fused-ring (bicyclic) bond motifs is 2. The number of carbonyl (C=O) groups is 1. The van der Waals surface area contributed by atoms with Crippen LogP contribution in [0.15, 0.2) is 84.9 Å². The Labute approximate surface area is 204 Å². The van der Waals surface area contributed by atoms with Gasteiger partial charge in [0.05, 0.1) is 12.0 Å². The van der Waals surface area contributed by atoms with Gasteiger partial charge in [0.15, 0.2) is 0 Å². The first-order valence-electron chi connectivity index (χ1n) is 12.9. The van der Waals surface area contributed by atoms with E-state index >= 15 is 0 Å². The largest absolute Gasteiger partial charge is 0.334 e. The minimum absolute atomic E-state index is 0.0398. The summed E-state index contributed by atoms with van der Waals surface area (Å²) in [6.45, 7) is 5.08. The molecule has 0 bridgehead atoms. The molecule has 1 N–H and O–H groups in total. The van der Waals surface area contributed by atoms with E-state index in [-0.39, 0.29) is 23.3 Å². The van der Waals surface area contributed by atoms with Crippen molar-refractivity contribution in [2.75, 3.05) is 19.6 Å². The van der Waals surface area contributed by atoms with E-state index in [4.69, 9.17) is 0 Å². The average Bonchev–Trinajstić information content (AvgIpc) is 2.90. The van der Waals surface area contributed by atoms with Crippen molar-refractivity contribution < 1.29 is 4.79 Å². The van der Waals surface area contributed by atoms with E-state index in [1.165, 1.54) is 11.1 Å². The molecule has 2 aliphatic rings. The quantitative estimate of drug-likeness (QED) is 0.482. The Morgan fingerprint density at radius 3 is 2.12 bits per heavy atom.